The summed E-state index contributed by atoms with van der Waals surface area (Å²) in [4.78, 5) is 27.0. The molecule has 9 nitrogen and oxygen atoms in total. The summed E-state index contributed by atoms with van der Waals surface area (Å²) in [5.74, 6) is 1.47. The van der Waals surface area contributed by atoms with Crippen molar-refractivity contribution in [3.63, 3.8) is 0 Å². The summed E-state index contributed by atoms with van der Waals surface area (Å²) >= 11 is 0. The number of H-pyrrole nitrogens is 1. The first-order valence-electron chi connectivity index (χ1n) is 15.5. The van der Waals surface area contributed by atoms with Gasteiger partial charge < -0.3 is 23.4 Å². The van der Waals surface area contributed by atoms with Crippen LogP contribution < -0.4 is 20.7 Å². The van der Waals surface area contributed by atoms with Gasteiger partial charge in [-0.15, -0.1) is 0 Å². The van der Waals surface area contributed by atoms with Crippen LogP contribution in [0.15, 0.2) is 101 Å². The molecular formula is C36H44N2O7Si. The van der Waals surface area contributed by atoms with Gasteiger partial charge in [-0.3, -0.25) is 14.3 Å². The van der Waals surface area contributed by atoms with Crippen molar-refractivity contribution in [1.29, 1.82) is 0 Å². The highest BCUT2D eigenvalue weighted by Crippen LogP contribution is 2.44. The smallest absolute Gasteiger partial charge is 0.330 e. The molecule has 0 bridgehead atoms. The molecule has 1 unspecified atom stereocenters. The highest BCUT2D eigenvalue weighted by atomic mass is 28.4. The lowest BCUT2D eigenvalue weighted by atomic mass is 9.80. The van der Waals surface area contributed by atoms with E-state index in [0.29, 0.717) is 6.42 Å². The number of benzene rings is 3. The van der Waals surface area contributed by atoms with Crippen molar-refractivity contribution in [2.75, 3.05) is 20.8 Å². The van der Waals surface area contributed by atoms with E-state index < -0.39 is 37.5 Å². The Kier molecular flexibility index (Phi) is 9.74. The molecule has 1 N–H and O–H groups in total. The third kappa shape index (κ3) is 6.76. The van der Waals surface area contributed by atoms with Crippen LogP contribution in [0.3, 0.4) is 0 Å². The maximum atomic E-state index is 12.8. The number of aromatic nitrogens is 2. The molecule has 0 radical (unpaired) electrons. The van der Waals surface area contributed by atoms with Crippen LogP contribution in [-0.4, -0.2) is 50.9 Å². The van der Waals surface area contributed by atoms with Gasteiger partial charge >= 0.3 is 5.69 Å². The molecule has 1 aromatic heterocycles. The second kappa shape index (κ2) is 13.4. The highest BCUT2D eigenvalue weighted by molar-refractivity contribution is 6.74. The van der Waals surface area contributed by atoms with Gasteiger partial charge in [-0.25, -0.2) is 4.79 Å². The molecule has 3 atom stereocenters. The Morgan fingerprint density at radius 2 is 1.37 bits per heavy atom. The molecule has 0 amide bonds. The minimum absolute atomic E-state index is 0.0503. The number of ether oxygens (including phenoxy) is 4. The molecule has 0 saturated carbocycles. The van der Waals surface area contributed by atoms with Crippen molar-refractivity contribution in [3.05, 3.63) is 129 Å². The molecule has 244 valence electrons. The van der Waals surface area contributed by atoms with Gasteiger partial charge in [0, 0.05) is 18.7 Å². The molecule has 10 heteroatoms. The van der Waals surface area contributed by atoms with Crippen LogP contribution in [0.2, 0.25) is 18.1 Å². The molecule has 3 aromatic carbocycles. The Balaban J connectivity index is 1.59. The number of rotatable bonds is 11. The van der Waals surface area contributed by atoms with E-state index in [2.05, 4.69) is 51.0 Å². The third-order valence-electron chi connectivity index (χ3n) is 9.23. The normalized spacial score (nSPS) is 18.8. The van der Waals surface area contributed by atoms with E-state index in [1.54, 1.807) is 14.2 Å². The summed E-state index contributed by atoms with van der Waals surface area (Å²) in [5, 5.41) is -0.0503. The van der Waals surface area contributed by atoms with Crippen molar-refractivity contribution in [1.82, 2.24) is 9.55 Å². The van der Waals surface area contributed by atoms with Crippen molar-refractivity contribution >= 4 is 8.32 Å². The molecule has 1 saturated heterocycles. The number of methoxy groups -OCH3 is 2. The third-order valence-corrected chi connectivity index (χ3v) is 13.7. The van der Waals surface area contributed by atoms with Crippen LogP contribution in [0.25, 0.3) is 0 Å². The molecule has 1 aliphatic rings. The minimum Gasteiger partial charge on any atom is -0.497 e. The molecule has 2 heterocycles. The van der Waals surface area contributed by atoms with E-state index in [1.165, 1.54) is 16.8 Å². The van der Waals surface area contributed by atoms with Crippen LogP contribution in [-0.2, 0) is 19.5 Å². The molecule has 1 aliphatic heterocycles. The maximum absolute atomic E-state index is 12.8. The van der Waals surface area contributed by atoms with Crippen molar-refractivity contribution in [3.8, 4) is 11.5 Å². The second-order valence-electron chi connectivity index (χ2n) is 13.1. The van der Waals surface area contributed by atoms with Gasteiger partial charge in [-0.1, -0.05) is 75.4 Å². The van der Waals surface area contributed by atoms with Gasteiger partial charge in [0.1, 0.15) is 29.4 Å². The molecule has 1 fully saturated rings. The van der Waals surface area contributed by atoms with Gasteiger partial charge in [0.25, 0.3) is 5.56 Å². The van der Waals surface area contributed by atoms with E-state index >= 15 is 0 Å². The van der Waals surface area contributed by atoms with Crippen molar-refractivity contribution < 1.29 is 23.4 Å². The lowest BCUT2D eigenvalue weighted by Gasteiger charge is -2.40. The van der Waals surface area contributed by atoms with Crippen molar-refractivity contribution in [2.45, 2.75) is 69.4 Å². The molecule has 4 aromatic rings. The Morgan fingerprint density at radius 3 is 1.87 bits per heavy atom. The second-order valence-corrected chi connectivity index (χ2v) is 17.9. The average Bonchev–Trinajstić information content (AvgIpc) is 3.43. The first-order valence-corrected chi connectivity index (χ1v) is 18.4. The van der Waals surface area contributed by atoms with Gasteiger partial charge in [0.05, 0.1) is 26.9 Å². The SMILES string of the molecule is COc1ccc(C(OC[C@@H]2O[C@H](n3ccc(=O)[nH]c3=O)CC2O[Si](C)(C)C(C)(C)C)(c2ccccc2)c2ccc(OC)cc2)cc1. The van der Waals surface area contributed by atoms with Crippen LogP contribution in [0.5, 0.6) is 11.5 Å². The largest absolute Gasteiger partial charge is 0.497 e. The van der Waals surface area contributed by atoms with E-state index in [4.69, 9.17) is 23.4 Å². The zero-order chi connectivity index (χ0) is 33.1. The van der Waals surface area contributed by atoms with Crippen molar-refractivity contribution in [2.24, 2.45) is 0 Å². The van der Waals surface area contributed by atoms with Crippen LogP contribution in [0.4, 0.5) is 0 Å². The number of nitrogens with zero attached hydrogens (tertiary/aromatic N) is 1. The molecule has 46 heavy (non-hydrogen) atoms. The summed E-state index contributed by atoms with van der Waals surface area (Å²) in [6.07, 6.45) is 0.389. The van der Waals surface area contributed by atoms with Gasteiger partial charge in [0.2, 0.25) is 0 Å². The highest BCUT2D eigenvalue weighted by Gasteiger charge is 2.47. The van der Waals surface area contributed by atoms with Crippen LogP contribution in [0.1, 0.15) is 50.1 Å². The summed E-state index contributed by atoms with van der Waals surface area (Å²) < 4.78 is 33.1. The summed E-state index contributed by atoms with van der Waals surface area (Å²) in [7, 11) is 1.02. The fourth-order valence-corrected chi connectivity index (χ4v) is 6.99. The quantitative estimate of drug-likeness (QED) is 0.152. The molecule has 0 spiro atoms. The Bertz CT molecular complexity index is 1660. The molecular weight excluding hydrogens is 600 g/mol. The standard InChI is InChI=1S/C36H44N2O7Si/c1-35(2,3)46(6,7)45-30-23-33(38-22-21-32(39)37-34(38)40)44-31(30)24-43-36(25-11-9-8-10-12-25,26-13-17-28(41-4)18-14-26)27-15-19-29(42-5)20-16-27/h8-22,30-31,33H,23-24H2,1-7H3,(H,37,39,40)/t30?,31-,33-/m0/s1. The van der Waals surface area contributed by atoms with E-state index in [1.807, 2.05) is 66.7 Å². The van der Waals surface area contributed by atoms with Crippen LogP contribution in [0, 0.1) is 0 Å². The topological polar surface area (TPSA) is 101 Å². The predicted octanol–water partition coefficient (Wildman–Crippen LogP) is 6.24. The zero-order valence-electron chi connectivity index (χ0n) is 27.6. The van der Waals surface area contributed by atoms with Gasteiger partial charge in [0.15, 0.2) is 8.32 Å². The fourth-order valence-electron chi connectivity index (χ4n) is 5.64. The summed E-state index contributed by atoms with van der Waals surface area (Å²) in [6, 6.07) is 27.1. The zero-order valence-corrected chi connectivity index (χ0v) is 28.6. The monoisotopic (exact) mass is 644 g/mol. The van der Waals surface area contributed by atoms with Gasteiger partial charge in [-0.05, 0) is 59.1 Å². The lowest BCUT2D eigenvalue weighted by Crippen LogP contribution is -2.47. The van der Waals surface area contributed by atoms with E-state index in [9.17, 15) is 9.59 Å². The Labute approximate surface area is 271 Å². The maximum Gasteiger partial charge on any atom is 0.330 e. The fraction of sp³-hybridized carbons (Fsp3) is 0.389. The number of aromatic amines is 1. The molecule has 5 rings (SSSR count). The predicted molar refractivity (Wildman–Crippen MR) is 180 cm³/mol. The number of hydrogen-bond acceptors (Lipinski definition) is 7. The summed E-state index contributed by atoms with van der Waals surface area (Å²) in [5.41, 5.74) is 0.701. The number of hydrogen-bond donors (Lipinski definition) is 1. The first kappa shape index (κ1) is 33.4. The molecule has 0 aliphatic carbocycles. The minimum atomic E-state index is -2.26. The Hall–Kier alpha value is -3.96. The van der Waals surface area contributed by atoms with Crippen LogP contribution >= 0.6 is 0 Å². The van der Waals surface area contributed by atoms with E-state index in [0.717, 1.165) is 28.2 Å². The lowest BCUT2D eigenvalue weighted by molar-refractivity contribution is -0.0928. The first-order chi connectivity index (χ1) is 21.9. The van der Waals surface area contributed by atoms with Gasteiger partial charge in [-0.2, -0.15) is 0 Å². The number of nitrogens with one attached hydrogen (secondary N) is 1. The Morgan fingerprint density at radius 1 is 0.826 bits per heavy atom. The summed E-state index contributed by atoms with van der Waals surface area (Å²) in [6.45, 7) is 11.1. The average molecular weight is 645 g/mol. The van der Waals surface area contributed by atoms with E-state index in [-0.39, 0.29) is 17.7 Å².